The molecule has 4 rings (SSSR count). The van der Waals surface area contributed by atoms with Crippen LogP contribution in [0, 0.1) is 0 Å². The van der Waals surface area contributed by atoms with Crippen LogP contribution in [-0.2, 0) is 6.18 Å². The first-order valence-corrected chi connectivity index (χ1v) is 8.80. The van der Waals surface area contributed by atoms with E-state index in [1.807, 2.05) is 0 Å². The van der Waals surface area contributed by atoms with E-state index < -0.39 is 11.7 Å². The number of rotatable bonds is 6. The van der Waals surface area contributed by atoms with Gasteiger partial charge in [-0.25, -0.2) is 9.67 Å². The van der Waals surface area contributed by atoms with E-state index in [4.69, 9.17) is 0 Å². The minimum atomic E-state index is -4.53. The summed E-state index contributed by atoms with van der Waals surface area (Å²) in [5.41, 5.74) is -0.901. The maximum absolute atomic E-state index is 13.1. The SMILES string of the molecule is CCNc1nc(Nc2ccnn2[C@H]2C[C@H](n3nccn3)C2)ncc1C(F)(F)F. The smallest absolute Gasteiger partial charge is 0.370 e. The molecule has 0 radical (unpaired) electrons. The Labute approximate surface area is 158 Å². The maximum atomic E-state index is 13.1. The number of hydrogen-bond donors (Lipinski definition) is 2. The van der Waals surface area contributed by atoms with Crippen molar-refractivity contribution in [1.29, 1.82) is 0 Å². The molecule has 1 aliphatic rings. The van der Waals surface area contributed by atoms with E-state index in [-0.39, 0.29) is 23.8 Å². The zero-order valence-electron chi connectivity index (χ0n) is 14.9. The fraction of sp³-hybridized carbons (Fsp3) is 0.438. The minimum absolute atomic E-state index is 0.0651. The zero-order valence-corrected chi connectivity index (χ0v) is 14.9. The highest BCUT2D eigenvalue weighted by Crippen LogP contribution is 2.41. The largest absolute Gasteiger partial charge is 0.421 e. The Bertz CT molecular complexity index is 929. The number of nitrogens with zero attached hydrogens (tertiary/aromatic N) is 7. The molecule has 12 heteroatoms. The van der Waals surface area contributed by atoms with Crippen LogP contribution >= 0.6 is 0 Å². The number of aromatic nitrogens is 7. The van der Waals surface area contributed by atoms with Crippen molar-refractivity contribution in [2.75, 3.05) is 17.2 Å². The predicted octanol–water partition coefficient (Wildman–Crippen LogP) is 3.04. The van der Waals surface area contributed by atoms with Crippen LogP contribution in [0.4, 0.5) is 30.8 Å². The Hall–Kier alpha value is -3.18. The van der Waals surface area contributed by atoms with Crippen molar-refractivity contribution in [3.8, 4) is 0 Å². The third-order valence-corrected chi connectivity index (χ3v) is 4.55. The summed E-state index contributed by atoms with van der Waals surface area (Å²) in [6.45, 7) is 2.01. The number of anilines is 3. The Kier molecular flexibility index (Phi) is 4.61. The highest BCUT2D eigenvalue weighted by molar-refractivity contribution is 5.54. The second kappa shape index (κ2) is 7.09. The molecule has 0 aromatic carbocycles. The lowest BCUT2D eigenvalue weighted by molar-refractivity contribution is -0.137. The molecule has 2 N–H and O–H groups in total. The average Bonchev–Trinajstić information content (AvgIpc) is 3.26. The summed E-state index contributed by atoms with van der Waals surface area (Å²) in [7, 11) is 0. The van der Waals surface area contributed by atoms with Gasteiger partial charge >= 0.3 is 6.18 Å². The van der Waals surface area contributed by atoms with Gasteiger partial charge in [0.25, 0.3) is 0 Å². The zero-order chi connectivity index (χ0) is 19.7. The Morgan fingerprint density at radius 2 is 1.86 bits per heavy atom. The molecule has 1 saturated carbocycles. The number of halogens is 3. The first-order chi connectivity index (χ1) is 13.5. The standard InChI is InChI=1S/C16H18F3N9/c1-2-20-14-12(16(17,18)19)9-21-15(26-14)25-13-3-4-22-27(13)10-7-11(8-10)28-23-5-6-24-28/h3-6,9-11H,2,7-8H2,1H3,(H2,20,21,25,26)/t10-,11-. The molecule has 1 aliphatic carbocycles. The van der Waals surface area contributed by atoms with E-state index in [9.17, 15) is 13.2 Å². The van der Waals surface area contributed by atoms with E-state index in [1.54, 1.807) is 41.1 Å². The molecule has 28 heavy (non-hydrogen) atoms. The topological polar surface area (TPSA) is 98.4 Å². The molecule has 0 atom stereocenters. The van der Waals surface area contributed by atoms with Crippen molar-refractivity contribution in [3.05, 3.63) is 36.4 Å². The van der Waals surface area contributed by atoms with Crippen molar-refractivity contribution in [1.82, 2.24) is 34.7 Å². The summed E-state index contributed by atoms with van der Waals surface area (Å²) in [6, 6.07) is 2.07. The highest BCUT2D eigenvalue weighted by Gasteiger charge is 2.36. The average molecular weight is 393 g/mol. The van der Waals surface area contributed by atoms with Crippen LogP contribution in [0.25, 0.3) is 0 Å². The van der Waals surface area contributed by atoms with Crippen molar-refractivity contribution < 1.29 is 13.2 Å². The summed E-state index contributed by atoms with van der Waals surface area (Å²) in [6.07, 6.45) is 2.76. The first-order valence-electron chi connectivity index (χ1n) is 8.80. The second-order valence-corrected chi connectivity index (χ2v) is 6.40. The quantitative estimate of drug-likeness (QED) is 0.664. The third kappa shape index (κ3) is 3.49. The number of nitrogens with one attached hydrogen (secondary N) is 2. The van der Waals surface area contributed by atoms with E-state index in [1.165, 1.54) is 0 Å². The van der Waals surface area contributed by atoms with Crippen LogP contribution in [0.15, 0.2) is 30.9 Å². The summed E-state index contributed by atoms with van der Waals surface area (Å²) in [5, 5.41) is 18.2. The lowest BCUT2D eigenvalue weighted by Gasteiger charge is -2.35. The van der Waals surface area contributed by atoms with Crippen molar-refractivity contribution in [2.45, 2.75) is 38.0 Å². The van der Waals surface area contributed by atoms with Gasteiger partial charge in [-0.15, -0.1) is 0 Å². The molecular weight excluding hydrogens is 375 g/mol. The fourth-order valence-corrected chi connectivity index (χ4v) is 3.13. The van der Waals surface area contributed by atoms with Gasteiger partial charge in [-0.3, -0.25) is 0 Å². The van der Waals surface area contributed by atoms with Crippen molar-refractivity contribution in [3.63, 3.8) is 0 Å². The molecule has 3 aromatic rings. The fourth-order valence-electron chi connectivity index (χ4n) is 3.13. The normalized spacial score (nSPS) is 19.3. The van der Waals surface area contributed by atoms with Crippen LogP contribution < -0.4 is 10.6 Å². The van der Waals surface area contributed by atoms with Gasteiger partial charge < -0.3 is 10.6 Å². The summed E-state index contributed by atoms with van der Waals surface area (Å²) in [5.74, 6) is 0.418. The predicted molar refractivity (Wildman–Crippen MR) is 94.0 cm³/mol. The lowest BCUT2D eigenvalue weighted by atomic mass is 9.87. The number of hydrogen-bond acceptors (Lipinski definition) is 7. The van der Waals surface area contributed by atoms with E-state index in [2.05, 4.69) is 35.9 Å². The van der Waals surface area contributed by atoms with E-state index >= 15 is 0 Å². The maximum Gasteiger partial charge on any atom is 0.421 e. The van der Waals surface area contributed by atoms with Crippen LogP contribution in [0.2, 0.25) is 0 Å². The second-order valence-electron chi connectivity index (χ2n) is 6.40. The van der Waals surface area contributed by atoms with Crippen LogP contribution in [0.3, 0.4) is 0 Å². The van der Waals surface area contributed by atoms with Gasteiger partial charge in [0, 0.05) is 18.8 Å². The molecule has 0 aliphatic heterocycles. The monoisotopic (exact) mass is 393 g/mol. The van der Waals surface area contributed by atoms with Gasteiger partial charge in [0.2, 0.25) is 5.95 Å². The lowest BCUT2D eigenvalue weighted by Crippen LogP contribution is -2.31. The molecule has 3 heterocycles. The molecule has 3 aromatic heterocycles. The van der Waals surface area contributed by atoms with Crippen molar-refractivity contribution >= 4 is 17.6 Å². The minimum Gasteiger partial charge on any atom is -0.370 e. The molecule has 0 unspecified atom stereocenters. The van der Waals surface area contributed by atoms with Gasteiger partial charge in [0.15, 0.2) is 0 Å². The molecular formula is C16H18F3N9. The Morgan fingerprint density at radius 1 is 1.11 bits per heavy atom. The molecule has 0 saturated heterocycles. The first kappa shape index (κ1) is 18.2. The van der Waals surface area contributed by atoms with Gasteiger partial charge in [-0.05, 0) is 19.8 Å². The van der Waals surface area contributed by atoms with Crippen molar-refractivity contribution in [2.24, 2.45) is 0 Å². The molecule has 9 nitrogen and oxygen atoms in total. The molecule has 148 valence electrons. The summed E-state index contributed by atoms with van der Waals surface area (Å²) < 4.78 is 41.1. The third-order valence-electron chi connectivity index (χ3n) is 4.55. The van der Waals surface area contributed by atoms with Gasteiger partial charge in [-0.1, -0.05) is 0 Å². The number of alkyl halides is 3. The summed E-state index contributed by atoms with van der Waals surface area (Å²) in [4.78, 5) is 9.48. The molecule has 0 amide bonds. The molecule has 0 spiro atoms. The van der Waals surface area contributed by atoms with Gasteiger partial charge in [0.05, 0.1) is 30.7 Å². The molecule has 1 fully saturated rings. The Morgan fingerprint density at radius 3 is 2.54 bits per heavy atom. The van der Waals surface area contributed by atoms with Crippen LogP contribution in [0.5, 0.6) is 0 Å². The Balaban J connectivity index is 1.50. The summed E-state index contributed by atoms with van der Waals surface area (Å²) >= 11 is 0. The van der Waals surface area contributed by atoms with Gasteiger partial charge in [-0.2, -0.15) is 38.2 Å². The van der Waals surface area contributed by atoms with E-state index in [0.29, 0.717) is 12.4 Å². The van der Waals surface area contributed by atoms with Gasteiger partial charge in [0.1, 0.15) is 17.2 Å². The highest BCUT2D eigenvalue weighted by atomic mass is 19.4. The molecule has 0 bridgehead atoms. The van der Waals surface area contributed by atoms with Crippen LogP contribution in [0.1, 0.15) is 37.4 Å². The van der Waals surface area contributed by atoms with Crippen LogP contribution in [-0.4, -0.2) is 41.3 Å². The van der Waals surface area contributed by atoms with E-state index in [0.717, 1.165) is 19.0 Å².